The van der Waals surface area contributed by atoms with E-state index in [1.165, 1.54) is 0 Å². The first-order valence-corrected chi connectivity index (χ1v) is 9.63. The molecule has 0 saturated heterocycles. The van der Waals surface area contributed by atoms with Crippen LogP contribution in [0, 0.1) is 0 Å². The lowest BCUT2D eigenvalue weighted by Gasteiger charge is -2.14. The van der Waals surface area contributed by atoms with Crippen molar-refractivity contribution < 1.29 is 23.7 Å². The molecular formula is C20H22BrNO5. The number of carbonyl (C=O) groups excluding carboxylic acids is 1. The van der Waals surface area contributed by atoms with Gasteiger partial charge in [0.2, 0.25) is 12.7 Å². The van der Waals surface area contributed by atoms with Crippen LogP contribution in [-0.2, 0) is 17.8 Å². The second-order valence-electron chi connectivity index (χ2n) is 5.90. The minimum Gasteiger partial charge on any atom is -0.490 e. The van der Waals surface area contributed by atoms with E-state index in [-0.39, 0.29) is 19.1 Å². The van der Waals surface area contributed by atoms with Gasteiger partial charge in [0.25, 0.3) is 0 Å². The van der Waals surface area contributed by atoms with E-state index in [0.717, 1.165) is 21.3 Å². The molecule has 0 unspecified atom stereocenters. The summed E-state index contributed by atoms with van der Waals surface area (Å²) in [5, 5.41) is 2.93. The fourth-order valence-corrected chi connectivity index (χ4v) is 3.20. The fraction of sp³-hybridized carbons (Fsp3) is 0.350. The average molecular weight is 436 g/mol. The smallest absolute Gasteiger partial charge is 0.231 e. The highest BCUT2D eigenvalue weighted by Gasteiger charge is 2.15. The predicted octanol–water partition coefficient (Wildman–Crippen LogP) is 3.83. The van der Waals surface area contributed by atoms with E-state index in [1.807, 2.05) is 44.2 Å². The number of carbonyl (C=O) groups is 1. The lowest BCUT2D eigenvalue weighted by Crippen LogP contribution is -2.24. The van der Waals surface area contributed by atoms with E-state index in [0.29, 0.717) is 37.0 Å². The third-order valence-electron chi connectivity index (χ3n) is 3.99. The number of benzene rings is 2. The zero-order valence-electron chi connectivity index (χ0n) is 15.3. The summed E-state index contributed by atoms with van der Waals surface area (Å²) in [4.78, 5) is 12.4. The minimum absolute atomic E-state index is 0.0834. The first-order chi connectivity index (χ1) is 13.1. The summed E-state index contributed by atoms with van der Waals surface area (Å²) in [7, 11) is 0. The Bertz CT molecular complexity index is 824. The monoisotopic (exact) mass is 435 g/mol. The van der Waals surface area contributed by atoms with Crippen molar-refractivity contribution in [3.8, 4) is 23.0 Å². The van der Waals surface area contributed by atoms with Gasteiger partial charge in [-0.05, 0) is 49.2 Å². The van der Waals surface area contributed by atoms with Gasteiger partial charge >= 0.3 is 0 Å². The average Bonchev–Trinajstić information content (AvgIpc) is 3.12. The van der Waals surface area contributed by atoms with Crippen LogP contribution in [0.1, 0.15) is 25.0 Å². The molecule has 0 radical (unpaired) electrons. The largest absolute Gasteiger partial charge is 0.490 e. The van der Waals surface area contributed by atoms with Crippen LogP contribution in [0.15, 0.2) is 34.8 Å². The van der Waals surface area contributed by atoms with Gasteiger partial charge in [0, 0.05) is 11.0 Å². The highest BCUT2D eigenvalue weighted by atomic mass is 79.9. The van der Waals surface area contributed by atoms with Gasteiger partial charge in [0.05, 0.1) is 19.6 Å². The molecule has 2 aromatic carbocycles. The van der Waals surface area contributed by atoms with E-state index in [4.69, 9.17) is 18.9 Å². The summed E-state index contributed by atoms with van der Waals surface area (Å²) in [6.45, 7) is 5.55. The quantitative estimate of drug-likeness (QED) is 0.682. The van der Waals surface area contributed by atoms with E-state index in [1.54, 1.807) is 0 Å². The SMILES string of the molecule is CCOc1cc(Br)c(CC(=O)NCc2ccc3c(c2)OCO3)cc1OCC. The summed E-state index contributed by atoms with van der Waals surface area (Å²) >= 11 is 3.51. The van der Waals surface area contributed by atoms with Crippen molar-refractivity contribution in [3.63, 3.8) is 0 Å². The molecule has 0 aromatic heterocycles. The molecule has 2 aromatic rings. The molecule has 27 heavy (non-hydrogen) atoms. The fourth-order valence-electron chi connectivity index (χ4n) is 2.74. The summed E-state index contributed by atoms with van der Waals surface area (Å²) in [5.41, 5.74) is 1.79. The van der Waals surface area contributed by atoms with Crippen molar-refractivity contribution in [1.82, 2.24) is 5.32 Å². The van der Waals surface area contributed by atoms with E-state index in [2.05, 4.69) is 21.2 Å². The molecule has 1 heterocycles. The third kappa shape index (κ3) is 4.86. The second-order valence-corrected chi connectivity index (χ2v) is 6.75. The topological polar surface area (TPSA) is 66.0 Å². The first kappa shape index (κ1) is 19.4. The van der Waals surface area contributed by atoms with Gasteiger partial charge in [-0.1, -0.05) is 22.0 Å². The standard InChI is InChI=1S/C20H22BrNO5/c1-3-24-18-8-14(15(21)10-19(18)25-4-2)9-20(23)22-11-13-5-6-16-17(7-13)27-12-26-16/h5-8,10H,3-4,9,11-12H2,1-2H3,(H,22,23). The van der Waals surface area contributed by atoms with Crippen molar-refractivity contribution in [2.24, 2.45) is 0 Å². The van der Waals surface area contributed by atoms with E-state index < -0.39 is 0 Å². The van der Waals surface area contributed by atoms with Crippen LogP contribution in [0.5, 0.6) is 23.0 Å². The summed E-state index contributed by atoms with van der Waals surface area (Å²) in [6, 6.07) is 9.32. The van der Waals surface area contributed by atoms with Gasteiger partial charge < -0.3 is 24.3 Å². The van der Waals surface area contributed by atoms with Gasteiger partial charge in [-0.15, -0.1) is 0 Å². The number of fused-ring (bicyclic) bond motifs is 1. The maximum absolute atomic E-state index is 12.4. The van der Waals surface area contributed by atoms with Crippen LogP contribution in [0.3, 0.4) is 0 Å². The van der Waals surface area contributed by atoms with Crippen molar-refractivity contribution in [3.05, 3.63) is 45.9 Å². The number of rotatable bonds is 8. The van der Waals surface area contributed by atoms with E-state index >= 15 is 0 Å². The molecule has 0 saturated carbocycles. The number of nitrogens with one attached hydrogen (secondary N) is 1. The van der Waals surface area contributed by atoms with Crippen LogP contribution in [0.4, 0.5) is 0 Å². The zero-order valence-corrected chi connectivity index (χ0v) is 16.9. The van der Waals surface area contributed by atoms with Crippen molar-refractivity contribution in [2.75, 3.05) is 20.0 Å². The molecule has 3 rings (SSSR count). The van der Waals surface area contributed by atoms with Crippen molar-refractivity contribution >= 4 is 21.8 Å². The first-order valence-electron chi connectivity index (χ1n) is 8.84. The van der Waals surface area contributed by atoms with Crippen LogP contribution in [0.2, 0.25) is 0 Å². The van der Waals surface area contributed by atoms with Gasteiger partial charge in [-0.2, -0.15) is 0 Å². The number of hydrogen-bond acceptors (Lipinski definition) is 5. The van der Waals surface area contributed by atoms with Gasteiger partial charge in [-0.3, -0.25) is 4.79 Å². The number of amides is 1. The van der Waals surface area contributed by atoms with Gasteiger partial charge in [-0.25, -0.2) is 0 Å². The zero-order chi connectivity index (χ0) is 19.2. The molecular weight excluding hydrogens is 414 g/mol. The molecule has 1 aliphatic rings. The molecule has 1 N–H and O–H groups in total. The summed E-state index contributed by atoms with van der Waals surface area (Å²) in [5.74, 6) is 2.65. The van der Waals surface area contributed by atoms with Crippen LogP contribution in [0.25, 0.3) is 0 Å². The van der Waals surface area contributed by atoms with Crippen LogP contribution >= 0.6 is 15.9 Å². The molecule has 1 aliphatic heterocycles. The molecule has 0 fully saturated rings. The molecule has 1 amide bonds. The van der Waals surface area contributed by atoms with Crippen LogP contribution < -0.4 is 24.3 Å². The second kappa shape index (κ2) is 8.99. The maximum atomic E-state index is 12.4. The maximum Gasteiger partial charge on any atom is 0.231 e. The number of halogens is 1. The van der Waals surface area contributed by atoms with E-state index in [9.17, 15) is 4.79 Å². The molecule has 0 atom stereocenters. The predicted molar refractivity (Wildman–Crippen MR) is 105 cm³/mol. The number of hydrogen-bond donors (Lipinski definition) is 1. The molecule has 0 bridgehead atoms. The molecule has 0 spiro atoms. The number of ether oxygens (including phenoxy) is 4. The highest BCUT2D eigenvalue weighted by molar-refractivity contribution is 9.10. The summed E-state index contributed by atoms with van der Waals surface area (Å²) < 4.78 is 22.7. The Hall–Kier alpha value is -2.41. The molecule has 6 nitrogen and oxygen atoms in total. The Morgan fingerprint density at radius 3 is 2.52 bits per heavy atom. The van der Waals surface area contributed by atoms with Gasteiger partial charge in [0.15, 0.2) is 23.0 Å². The Labute approximate surface area is 166 Å². The lowest BCUT2D eigenvalue weighted by atomic mass is 10.1. The lowest BCUT2D eigenvalue weighted by molar-refractivity contribution is -0.120. The minimum atomic E-state index is -0.0834. The highest BCUT2D eigenvalue weighted by Crippen LogP contribution is 2.34. The Kier molecular flexibility index (Phi) is 6.45. The summed E-state index contributed by atoms with van der Waals surface area (Å²) in [6.07, 6.45) is 0.234. The molecule has 0 aliphatic carbocycles. The molecule has 144 valence electrons. The third-order valence-corrected chi connectivity index (χ3v) is 4.73. The van der Waals surface area contributed by atoms with Crippen molar-refractivity contribution in [1.29, 1.82) is 0 Å². The Morgan fingerprint density at radius 2 is 1.78 bits per heavy atom. The molecule has 7 heteroatoms. The Morgan fingerprint density at radius 1 is 1.07 bits per heavy atom. The van der Waals surface area contributed by atoms with Crippen molar-refractivity contribution in [2.45, 2.75) is 26.8 Å². The Balaban J connectivity index is 1.64. The van der Waals surface area contributed by atoms with Crippen LogP contribution in [-0.4, -0.2) is 25.9 Å². The van der Waals surface area contributed by atoms with Gasteiger partial charge in [0.1, 0.15) is 0 Å². The normalized spacial score (nSPS) is 12.0.